The highest BCUT2D eigenvalue weighted by Gasteiger charge is 2.10. The summed E-state index contributed by atoms with van der Waals surface area (Å²) < 4.78 is 25.7. The summed E-state index contributed by atoms with van der Waals surface area (Å²) in [7, 11) is 0. The van der Waals surface area contributed by atoms with Crippen molar-refractivity contribution in [1.82, 2.24) is 5.43 Å². The van der Waals surface area contributed by atoms with Crippen molar-refractivity contribution in [2.45, 2.75) is 0 Å². The van der Waals surface area contributed by atoms with Gasteiger partial charge in [-0.15, -0.1) is 0 Å². The summed E-state index contributed by atoms with van der Waals surface area (Å²) in [5.74, 6) is 3.36. The number of nitrogens with two attached hydrogens (primary N) is 1. The minimum absolute atomic E-state index is 0.0163. The average Bonchev–Trinajstić information content (AvgIpc) is 2.10. The number of hydrogen-bond acceptors (Lipinski definition) is 2. The zero-order chi connectivity index (χ0) is 10.7. The number of thiocarbonyl (C=S) groups is 1. The lowest BCUT2D eigenvalue weighted by molar-refractivity contribution is 0.586. The smallest absolute Gasteiger partial charge is 0.185 e. The van der Waals surface area contributed by atoms with Crippen LogP contribution in [0.2, 0.25) is 5.02 Å². The van der Waals surface area contributed by atoms with E-state index in [0.29, 0.717) is 6.07 Å². The van der Waals surface area contributed by atoms with Gasteiger partial charge in [0, 0.05) is 6.07 Å². The van der Waals surface area contributed by atoms with E-state index in [4.69, 9.17) is 17.4 Å². The van der Waals surface area contributed by atoms with Gasteiger partial charge in [0.25, 0.3) is 0 Å². The van der Waals surface area contributed by atoms with Gasteiger partial charge in [-0.3, -0.25) is 0 Å². The number of rotatable bonds is 1. The molecule has 0 saturated carbocycles. The Morgan fingerprint density at radius 2 is 2.07 bits per heavy atom. The van der Waals surface area contributed by atoms with E-state index in [1.165, 1.54) is 0 Å². The van der Waals surface area contributed by atoms with Crippen LogP contribution in [0.5, 0.6) is 0 Å². The van der Waals surface area contributed by atoms with E-state index in [0.717, 1.165) is 6.07 Å². The van der Waals surface area contributed by atoms with Crippen LogP contribution in [0.1, 0.15) is 0 Å². The van der Waals surface area contributed by atoms with Gasteiger partial charge in [-0.25, -0.2) is 14.6 Å². The molecule has 1 aromatic rings. The molecule has 0 aliphatic carbocycles. The summed E-state index contributed by atoms with van der Waals surface area (Å²) in [4.78, 5) is 0. The normalized spacial score (nSPS) is 9.71. The van der Waals surface area contributed by atoms with E-state index in [1.807, 2.05) is 0 Å². The summed E-state index contributed by atoms with van der Waals surface area (Å²) in [6, 6.07) is 1.65. The lowest BCUT2D eigenvalue weighted by Gasteiger charge is -2.09. The van der Waals surface area contributed by atoms with E-state index in [9.17, 15) is 8.78 Å². The monoisotopic (exact) mass is 237 g/mol. The molecule has 0 unspecified atom stereocenters. The fourth-order valence-electron chi connectivity index (χ4n) is 0.811. The van der Waals surface area contributed by atoms with E-state index in [1.54, 1.807) is 0 Å². The minimum atomic E-state index is -0.840. The SMILES string of the molecule is NNC(=S)Nc1c(F)cc(F)cc1Cl. The Morgan fingerprint density at radius 1 is 1.43 bits per heavy atom. The van der Waals surface area contributed by atoms with E-state index in [2.05, 4.69) is 23.0 Å². The van der Waals surface area contributed by atoms with E-state index in [-0.39, 0.29) is 15.8 Å². The molecule has 1 rings (SSSR count). The fourth-order valence-corrected chi connectivity index (χ4v) is 1.16. The Bertz CT molecular complexity index is 349. The van der Waals surface area contributed by atoms with Crippen molar-refractivity contribution in [3.63, 3.8) is 0 Å². The summed E-state index contributed by atoms with van der Waals surface area (Å²) in [5, 5.41) is 2.25. The number of anilines is 1. The lowest BCUT2D eigenvalue weighted by atomic mass is 10.3. The van der Waals surface area contributed by atoms with Crippen LogP contribution in [0, 0.1) is 11.6 Å². The highest BCUT2D eigenvalue weighted by Crippen LogP contribution is 2.26. The van der Waals surface area contributed by atoms with E-state index < -0.39 is 11.6 Å². The van der Waals surface area contributed by atoms with Crippen LogP contribution in [-0.2, 0) is 0 Å². The van der Waals surface area contributed by atoms with Gasteiger partial charge in [-0.05, 0) is 18.3 Å². The number of halogens is 3. The fraction of sp³-hybridized carbons (Fsp3) is 0. The Kier molecular flexibility index (Phi) is 3.56. The Morgan fingerprint density at radius 3 is 2.57 bits per heavy atom. The predicted molar refractivity (Wildman–Crippen MR) is 54.9 cm³/mol. The molecule has 3 nitrogen and oxygen atoms in total. The van der Waals surface area contributed by atoms with E-state index >= 15 is 0 Å². The molecule has 1 aromatic carbocycles. The van der Waals surface area contributed by atoms with Crippen molar-refractivity contribution in [3.8, 4) is 0 Å². The topological polar surface area (TPSA) is 50.1 Å². The first-order valence-electron chi connectivity index (χ1n) is 3.46. The molecule has 76 valence electrons. The second-order valence-corrected chi connectivity index (χ2v) is 3.16. The molecule has 0 bridgehead atoms. The third-order valence-electron chi connectivity index (χ3n) is 1.38. The Labute approximate surface area is 89.2 Å². The Balaban J connectivity index is 3.02. The quantitative estimate of drug-likeness (QED) is 0.396. The maximum absolute atomic E-state index is 13.1. The van der Waals surface area contributed by atoms with Crippen LogP contribution in [0.3, 0.4) is 0 Å². The summed E-state index contributed by atoms with van der Waals surface area (Å²) in [6.45, 7) is 0. The van der Waals surface area contributed by atoms with Gasteiger partial charge in [-0.2, -0.15) is 0 Å². The van der Waals surface area contributed by atoms with Crippen molar-refractivity contribution in [2.24, 2.45) is 5.84 Å². The first kappa shape index (κ1) is 11.1. The van der Waals surface area contributed by atoms with Crippen molar-refractivity contribution in [2.75, 3.05) is 5.32 Å². The van der Waals surface area contributed by atoms with Gasteiger partial charge >= 0.3 is 0 Å². The van der Waals surface area contributed by atoms with Gasteiger partial charge in [0.2, 0.25) is 0 Å². The molecule has 0 radical (unpaired) electrons. The first-order chi connectivity index (χ1) is 6.54. The maximum Gasteiger partial charge on any atom is 0.185 e. The van der Waals surface area contributed by atoms with Gasteiger partial charge in [0.1, 0.15) is 5.82 Å². The second-order valence-electron chi connectivity index (χ2n) is 2.34. The standard InChI is InChI=1S/C7H6ClF2N3S/c8-4-1-3(9)2-5(10)6(4)12-7(14)13-11/h1-2H,11H2,(H2,12,13,14). The van der Waals surface area contributed by atoms with Crippen LogP contribution >= 0.6 is 23.8 Å². The molecule has 0 aliphatic rings. The summed E-state index contributed by atoms with van der Waals surface area (Å²) >= 11 is 10.2. The molecule has 0 spiro atoms. The first-order valence-corrected chi connectivity index (χ1v) is 4.25. The average molecular weight is 238 g/mol. The minimum Gasteiger partial charge on any atom is -0.328 e. The second kappa shape index (κ2) is 4.50. The number of nitrogens with one attached hydrogen (secondary N) is 2. The van der Waals surface area contributed by atoms with Crippen molar-refractivity contribution in [1.29, 1.82) is 0 Å². The molecule has 0 amide bonds. The maximum atomic E-state index is 13.1. The van der Waals surface area contributed by atoms with Crippen LogP contribution in [-0.4, -0.2) is 5.11 Å². The highest BCUT2D eigenvalue weighted by molar-refractivity contribution is 7.80. The molecule has 14 heavy (non-hydrogen) atoms. The summed E-state index contributed by atoms with van der Waals surface area (Å²) in [6.07, 6.45) is 0. The molecular weight excluding hydrogens is 232 g/mol. The van der Waals surface area contributed by atoms with Crippen molar-refractivity contribution >= 4 is 34.6 Å². The molecule has 0 aromatic heterocycles. The molecule has 0 atom stereocenters. The van der Waals surface area contributed by atoms with Crippen LogP contribution in [0.25, 0.3) is 0 Å². The molecule has 0 saturated heterocycles. The molecule has 4 N–H and O–H groups in total. The lowest BCUT2D eigenvalue weighted by Crippen LogP contribution is -2.34. The van der Waals surface area contributed by atoms with Crippen LogP contribution in [0.4, 0.5) is 14.5 Å². The molecule has 0 heterocycles. The number of hydrogen-bond donors (Lipinski definition) is 3. The largest absolute Gasteiger partial charge is 0.328 e. The van der Waals surface area contributed by atoms with Gasteiger partial charge in [-0.1, -0.05) is 11.6 Å². The van der Waals surface area contributed by atoms with Crippen molar-refractivity contribution < 1.29 is 8.78 Å². The van der Waals surface area contributed by atoms with Crippen LogP contribution < -0.4 is 16.6 Å². The third kappa shape index (κ3) is 2.50. The van der Waals surface area contributed by atoms with Crippen LogP contribution in [0.15, 0.2) is 12.1 Å². The summed E-state index contributed by atoms with van der Waals surface area (Å²) in [5.41, 5.74) is 1.97. The van der Waals surface area contributed by atoms with Gasteiger partial charge in [0.15, 0.2) is 10.9 Å². The molecule has 7 heteroatoms. The molecular formula is C7H6ClF2N3S. The van der Waals surface area contributed by atoms with Gasteiger partial charge in [0.05, 0.1) is 10.7 Å². The molecule has 0 fully saturated rings. The van der Waals surface area contributed by atoms with Gasteiger partial charge < -0.3 is 10.7 Å². The van der Waals surface area contributed by atoms with Crippen molar-refractivity contribution in [3.05, 3.63) is 28.8 Å². The zero-order valence-electron chi connectivity index (χ0n) is 6.77. The predicted octanol–water partition coefficient (Wildman–Crippen LogP) is 1.78. The molecule has 0 aliphatic heterocycles. The number of hydrazine groups is 1. The number of benzene rings is 1. The zero-order valence-corrected chi connectivity index (χ0v) is 8.35. The highest BCUT2D eigenvalue weighted by atomic mass is 35.5. The Hall–Kier alpha value is -0.980. The third-order valence-corrected chi connectivity index (χ3v) is 1.89.